The zero-order valence-corrected chi connectivity index (χ0v) is 21.0. The molecule has 1 saturated heterocycles. The molecule has 2 fully saturated rings. The molecule has 1 aliphatic heterocycles. The molecule has 0 radical (unpaired) electrons. The molecule has 1 aromatic carbocycles. The number of nitrogens with one attached hydrogen (secondary N) is 1. The van der Waals surface area contributed by atoms with E-state index in [4.69, 9.17) is 0 Å². The quantitative estimate of drug-likeness (QED) is 0.504. The summed E-state index contributed by atoms with van der Waals surface area (Å²) in [5, 5.41) is 3.01. The number of rotatable bonds is 8. The molecule has 2 aliphatic rings. The number of anilines is 1. The fourth-order valence-electron chi connectivity index (χ4n) is 5.39. The van der Waals surface area contributed by atoms with Crippen LogP contribution in [0.5, 0.6) is 0 Å². The summed E-state index contributed by atoms with van der Waals surface area (Å²) >= 11 is 0. The van der Waals surface area contributed by atoms with E-state index < -0.39 is 10.0 Å². The lowest BCUT2D eigenvalue weighted by atomic mass is 9.79. The molecule has 1 saturated carbocycles. The smallest absolute Gasteiger partial charge is 0.243 e. The van der Waals surface area contributed by atoms with E-state index in [1.165, 1.54) is 19.3 Å². The molecule has 7 heteroatoms. The molecular weight excluding hydrogens is 446 g/mol. The number of aromatic nitrogens is 1. The van der Waals surface area contributed by atoms with Gasteiger partial charge in [0.05, 0.1) is 10.9 Å². The average molecular weight is 484 g/mol. The van der Waals surface area contributed by atoms with Crippen LogP contribution in [0.15, 0.2) is 53.7 Å². The lowest BCUT2D eigenvalue weighted by molar-refractivity contribution is -0.121. The van der Waals surface area contributed by atoms with Gasteiger partial charge < -0.3 is 5.32 Å². The van der Waals surface area contributed by atoms with Gasteiger partial charge in [-0.05, 0) is 80.3 Å². The predicted octanol–water partition coefficient (Wildman–Crippen LogP) is 5.93. The van der Waals surface area contributed by atoms with E-state index in [-0.39, 0.29) is 22.8 Å². The summed E-state index contributed by atoms with van der Waals surface area (Å²) in [6, 6.07) is 10.2. The second-order valence-electron chi connectivity index (χ2n) is 9.79. The highest BCUT2D eigenvalue weighted by molar-refractivity contribution is 7.89. The molecule has 1 unspecified atom stereocenters. The lowest BCUT2D eigenvalue weighted by Gasteiger charge is -2.34. The molecule has 1 atom stereocenters. The maximum atomic E-state index is 13.5. The van der Waals surface area contributed by atoms with E-state index in [1.807, 2.05) is 12.1 Å². The number of hydrogen-bond acceptors (Lipinski definition) is 4. The molecule has 184 valence electrons. The van der Waals surface area contributed by atoms with Crippen molar-refractivity contribution >= 4 is 21.6 Å². The van der Waals surface area contributed by atoms with Crippen LogP contribution in [0, 0.1) is 11.8 Å². The van der Waals surface area contributed by atoms with Gasteiger partial charge in [0.25, 0.3) is 0 Å². The summed E-state index contributed by atoms with van der Waals surface area (Å²) in [5.41, 5.74) is 1.58. The fraction of sp³-hybridized carbons (Fsp3) is 0.556. The van der Waals surface area contributed by atoms with Crippen LogP contribution in [0.4, 0.5) is 5.69 Å². The van der Waals surface area contributed by atoms with Crippen molar-refractivity contribution in [3.8, 4) is 0 Å². The van der Waals surface area contributed by atoms with Gasteiger partial charge in [-0.15, -0.1) is 0 Å². The number of unbranched alkanes of at least 4 members (excludes halogenated alkanes) is 1. The van der Waals surface area contributed by atoms with Crippen LogP contribution in [0.3, 0.4) is 0 Å². The second-order valence-corrected chi connectivity index (χ2v) is 11.7. The van der Waals surface area contributed by atoms with Crippen molar-refractivity contribution < 1.29 is 13.2 Å². The van der Waals surface area contributed by atoms with Crippen molar-refractivity contribution in [3.63, 3.8) is 0 Å². The summed E-state index contributed by atoms with van der Waals surface area (Å²) < 4.78 is 28.6. The molecule has 1 amide bonds. The highest BCUT2D eigenvalue weighted by Crippen LogP contribution is 2.36. The molecule has 1 aliphatic carbocycles. The Kier molecular flexibility index (Phi) is 8.37. The number of amides is 1. The van der Waals surface area contributed by atoms with Crippen LogP contribution in [0.2, 0.25) is 0 Å². The van der Waals surface area contributed by atoms with Crippen molar-refractivity contribution in [2.75, 3.05) is 11.9 Å². The Morgan fingerprint density at radius 1 is 1.06 bits per heavy atom. The summed E-state index contributed by atoms with van der Waals surface area (Å²) in [7, 11) is -3.65. The van der Waals surface area contributed by atoms with Crippen molar-refractivity contribution in [2.45, 2.75) is 82.1 Å². The van der Waals surface area contributed by atoms with E-state index in [0.717, 1.165) is 56.4 Å². The Labute approximate surface area is 204 Å². The number of benzene rings is 1. The zero-order valence-electron chi connectivity index (χ0n) is 20.2. The summed E-state index contributed by atoms with van der Waals surface area (Å²) in [4.78, 5) is 17.2. The van der Waals surface area contributed by atoms with Gasteiger partial charge in [0.15, 0.2) is 0 Å². The fourth-order valence-corrected chi connectivity index (χ4v) is 7.08. The third-order valence-electron chi connectivity index (χ3n) is 7.43. The lowest BCUT2D eigenvalue weighted by Crippen LogP contribution is -2.38. The highest BCUT2D eigenvalue weighted by Gasteiger charge is 2.34. The van der Waals surface area contributed by atoms with Gasteiger partial charge in [-0.2, -0.15) is 4.31 Å². The normalized spacial score (nSPS) is 24.0. The van der Waals surface area contributed by atoms with Crippen LogP contribution >= 0.6 is 0 Å². The number of carbonyl (C=O) groups excluding carboxylic acids is 1. The van der Waals surface area contributed by atoms with Crippen LogP contribution in [0.25, 0.3) is 0 Å². The first-order valence-corrected chi connectivity index (χ1v) is 14.3. The van der Waals surface area contributed by atoms with Gasteiger partial charge in [0.1, 0.15) is 0 Å². The van der Waals surface area contributed by atoms with Crippen LogP contribution in [-0.4, -0.2) is 30.2 Å². The van der Waals surface area contributed by atoms with Crippen LogP contribution < -0.4 is 5.32 Å². The van der Waals surface area contributed by atoms with Crippen molar-refractivity contribution in [1.82, 2.24) is 9.29 Å². The monoisotopic (exact) mass is 483 g/mol. The van der Waals surface area contributed by atoms with Crippen LogP contribution in [-0.2, 0) is 14.8 Å². The largest absolute Gasteiger partial charge is 0.326 e. The Balaban J connectivity index is 1.39. The molecule has 4 rings (SSSR count). The average Bonchev–Trinajstić information content (AvgIpc) is 2.88. The molecule has 34 heavy (non-hydrogen) atoms. The van der Waals surface area contributed by atoms with Gasteiger partial charge in [0.2, 0.25) is 15.9 Å². The Bertz CT molecular complexity index is 1030. The third kappa shape index (κ3) is 5.87. The first-order valence-electron chi connectivity index (χ1n) is 12.8. The minimum atomic E-state index is -3.65. The SMILES string of the molecule is CCCCC1CCC(C(=O)Nc2ccc(S(=O)(=O)N3CCCCC3c3cccnc3)cc2)CC1. The topological polar surface area (TPSA) is 79.4 Å². The van der Waals surface area contributed by atoms with E-state index in [9.17, 15) is 13.2 Å². The van der Waals surface area contributed by atoms with E-state index in [0.29, 0.717) is 12.2 Å². The Hall–Kier alpha value is -2.25. The van der Waals surface area contributed by atoms with Crippen LogP contribution in [0.1, 0.15) is 82.7 Å². The van der Waals surface area contributed by atoms with Crippen molar-refractivity contribution in [2.24, 2.45) is 11.8 Å². The van der Waals surface area contributed by atoms with E-state index in [2.05, 4.69) is 17.2 Å². The maximum absolute atomic E-state index is 13.5. The minimum Gasteiger partial charge on any atom is -0.326 e. The number of piperidine rings is 1. The first kappa shape index (κ1) is 24.9. The maximum Gasteiger partial charge on any atom is 0.243 e. The van der Waals surface area contributed by atoms with Gasteiger partial charge in [-0.3, -0.25) is 9.78 Å². The summed E-state index contributed by atoms with van der Waals surface area (Å²) in [5.74, 6) is 0.867. The Morgan fingerprint density at radius 3 is 2.50 bits per heavy atom. The molecule has 2 aromatic rings. The van der Waals surface area contributed by atoms with Crippen molar-refractivity contribution in [1.29, 1.82) is 0 Å². The minimum absolute atomic E-state index is 0.0508. The third-order valence-corrected chi connectivity index (χ3v) is 9.36. The van der Waals surface area contributed by atoms with E-state index >= 15 is 0 Å². The standard InChI is InChI=1S/C27H37N3O3S/c1-2-3-7-21-10-12-22(13-11-21)27(31)29-24-14-16-25(17-15-24)34(32,33)30-19-5-4-9-26(30)23-8-6-18-28-20-23/h6,8,14-18,20-22,26H,2-5,7,9-13,19H2,1H3,(H,29,31). The van der Waals surface area contributed by atoms with Gasteiger partial charge in [0, 0.05) is 30.5 Å². The van der Waals surface area contributed by atoms with Gasteiger partial charge in [-0.25, -0.2) is 8.42 Å². The van der Waals surface area contributed by atoms with Gasteiger partial charge in [-0.1, -0.05) is 38.7 Å². The second kappa shape index (κ2) is 11.5. The molecule has 1 N–H and O–H groups in total. The highest BCUT2D eigenvalue weighted by atomic mass is 32.2. The number of nitrogens with zero attached hydrogens (tertiary/aromatic N) is 2. The zero-order chi connectivity index (χ0) is 24.0. The number of sulfonamides is 1. The molecule has 1 aromatic heterocycles. The molecule has 0 bridgehead atoms. The number of hydrogen-bond donors (Lipinski definition) is 1. The summed E-state index contributed by atoms with van der Waals surface area (Å²) in [6.45, 7) is 2.72. The number of pyridine rings is 1. The Morgan fingerprint density at radius 2 is 1.82 bits per heavy atom. The first-order chi connectivity index (χ1) is 16.5. The summed E-state index contributed by atoms with van der Waals surface area (Å²) in [6.07, 6.45) is 14.0. The van der Waals surface area contributed by atoms with Gasteiger partial charge >= 0.3 is 0 Å². The molecule has 2 heterocycles. The van der Waals surface area contributed by atoms with Crippen molar-refractivity contribution in [3.05, 3.63) is 54.4 Å². The molecule has 0 spiro atoms. The molecule has 6 nitrogen and oxygen atoms in total. The predicted molar refractivity (Wildman–Crippen MR) is 135 cm³/mol. The molecular formula is C27H37N3O3S. The number of carbonyl (C=O) groups is 1. The van der Waals surface area contributed by atoms with E-state index in [1.54, 1.807) is 41.0 Å².